The third-order valence-electron chi connectivity index (χ3n) is 4.92. The fourth-order valence-electron chi connectivity index (χ4n) is 3.40. The largest absolute Gasteiger partial charge is 0.479 e. The molecule has 1 aromatic heterocycles. The minimum Gasteiger partial charge on any atom is -0.479 e. The molecule has 144 valence electrons. The van der Waals surface area contributed by atoms with E-state index in [9.17, 15) is 4.79 Å². The average molecular weight is 396 g/mol. The van der Waals surface area contributed by atoms with Crippen LogP contribution in [0.15, 0.2) is 54.7 Å². The molecule has 6 heteroatoms. The van der Waals surface area contributed by atoms with Gasteiger partial charge in [0.1, 0.15) is 11.6 Å². The third kappa shape index (κ3) is 3.90. The number of ether oxygens (including phenoxy) is 1. The zero-order valence-corrected chi connectivity index (χ0v) is 16.4. The number of carbonyl (C=O) groups is 1. The quantitative estimate of drug-likeness (QED) is 0.665. The molecule has 1 aliphatic heterocycles. The minimum atomic E-state index is -0.668. The van der Waals surface area contributed by atoms with Crippen molar-refractivity contribution in [2.75, 3.05) is 5.32 Å². The molecule has 1 aliphatic rings. The molecule has 1 unspecified atom stereocenters. The number of nitrogens with zero attached hydrogens (tertiary/aromatic N) is 2. The van der Waals surface area contributed by atoms with Crippen LogP contribution < -0.4 is 10.1 Å². The molecule has 2 heterocycles. The summed E-state index contributed by atoms with van der Waals surface area (Å²) in [5.41, 5.74) is 3.06. The summed E-state index contributed by atoms with van der Waals surface area (Å²) in [6, 6.07) is 14.9. The first-order chi connectivity index (χ1) is 13.6. The summed E-state index contributed by atoms with van der Waals surface area (Å²) in [6.07, 6.45) is 4.81. The Bertz CT molecular complexity index is 982. The summed E-state index contributed by atoms with van der Waals surface area (Å²) in [5, 5.41) is 3.36. The van der Waals surface area contributed by atoms with Crippen LogP contribution in [0.25, 0.3) is 11.4 Å². The summed E-state index contributed by atoms with van der Waals surface area (Å²) in [5.74, 6) is 1.25. The number of hydrogen-bond acceptors (Lipinski definition) is 3. The summed E-state index contributed by atoms with van der Waals surface area (Å²) < 4.78 is 7.95. The van der Waals surface area contributed by atoms with E-state index in [2.05, 4.69) is 14.9 Å². The van der Waals surface area contributed by atoms with Gasteiger partial charge in [0.2, 0.25) is 0 Å². The number of anilines is 1. The van der Waals surface area contributed by atoms with E-state index >= 15 is 0 Å². The molecule has 4 rings (SSSR count). The van der Waals surface area contributed by atoms with Crippen molar-refractivity contribution in [3.8, 4) is 17.1 Å². The molecule has 5 nitrogen and oxygen atoms in total. The van der Waals surface area contributed by atoms with Crippen LogP contribution in [0.1, 0.15) is 25.5 Å². The Labute approximate surface area is 169 Å². The van der Waals surface area contributed by atoms with Gasteiger partial charge < -0.3 is 14.6 Å². The highest BCUT2D eigenvalue weighted by Gasteiger charge is 2.17. The molecule has 1 atom stereocenters. The van der Waals surface area contributed by atoms with Crippen molar-refractivity contribution in [2.45, 2.75) is 38.8 Å². The fourth-order valence-corrected chi connectivity index (χ4v) is 3.58. The second-order valence-corrected chi connectivity index (χ2v) is 7.35. The van der Waals surface area contributed by atoms with Crippen LogP contribution >= 0.6 is 11.6 Å². The minimum absolute atomic E-state index is 0.231. The summed E-state index contributed by atoms with van der Waals surface area (Å²) in [7, 11) is 0. The number of carbonyl (C=O) groups excluding carboxylic acids is 1. The molecule has 0 saturated heterocycles. The lowest BCUT2D eigenvalue weighted by atomic mass is 10.1. The number of hydrogen-bond donors (Lipinski definition) is 1. The molecule has 1 amide bonds. The van der Waals surface area contributed by atoms with Crippen LogP contribution in [0, 0.1) is 0 Å². The van der Waals surface area contributed by atoms with Crippen molar-refractivity contribution in [2.24, 2.45) is 0 Å². The maximum atomic E-state index is 12.4. The maximum absolute atomic E-state index is 12.4. The fraction of sp³-hybridized carbons (Fsp3) is 0.273. The van der Waals surface area contributed by atoms with E-state index in [4.69, 9.17) is 16.3 Å². The Kier molecular flexibility index (Phi) is 5.35. The number of imidazole rings is 1. The van der Waals surface area contributed by atoms with Gasteiger partial charge in [0.15, 0.2) is 6.10 Å². The SMILES string of the molecule is CC(Oc1ccccc1Cl)C(=O)Nc1ccc(-c2ncc3n2CCCC3)cc1. The lowest BCUT2D eigenvalue weighted by molar-refractivity contribution is -0.122. The van der Waals surface area contributed by atoms with Crippen LogP contribution in [0.2, 0.25) is 5.02 Å². The zero-order valence-electron chi connectivity index (χ0n) is 15.7. The summed E-state index contributed by atoms with van der Waals surface area (Å²) in [6.45, 7) is 2.71. The number of rotatable bonds is 5. The Balaban J connectivity index is 1.42. The van der Waals surface area contributed by atoms with Crippen molar-refractivity contribution in [3.63, 3.8) is 0 Å². The highest BCUT2D eigenvalue weighted by molar-refractivity contribution is 6.32. The van der Waals surface area contributed by atoms with Gasteiger partial charge in [-0.25, -0.2) is 4.98 Å². The Morgan fingerprint density at radius 3 is 2.75 bits per heavy atom. The van der Waals surface area contributed by atoms with E-state index in [-0.39, 0.29) is 5.91 Å². The smallest absolute Gasteiger partial charge is 0.265 e. The van der Waals surface area contributed by atoms with Crippen LogP contribution in [-0.4, -0.2) is 21.6 Å². The van der Waals surface area contributed by atoms with Gasteiger partial charge >= 0.3 is 0 Å². The van der Waals surface area contributed by atoms with Gasteiger partial charge in [-0.2, -0.15) is 0 Å². The molecule has 28 heavy (non-hydrogen) atoms. The van der Waals surface area contributed by atoms with Crippen molar-refractivity contribution in [1.82, 2.24) is 9.55 Å². The molecular formula is C22H22ClN3O2. The topological polar surface area (TPSA) is 56.1 Å². The number of benzene rings is 2. The first kappa shape index (κ1) is 18.6. The monoisotopic (exact) mass is 395 g/mol. The second-order valence-electron chi connectivity index (χ2n) is 6.94. The zero-order chi connectivity index (χ0) is 19.5. The predicted molar refractivity (Wildman–Crippen MR) is 111 cm³/mol. The lowest BCUT2D eigenvalue weighted by Crippen LogP contribution is -2.30. The first-order valence-corrected chi connectivity index (χ1v) is 9.86. The van der Waals surface area contributed by atoms with E-state index in [1.807, 2.05) is 42.6 Å². The molecule has 0 fully saturated rings. The van der Waals surface area contributed by atoms with Gasteiger partial charge in [-0.15, -0.1) is 0 Å². The molecule has 3 aromatic rings. The Morgan fingerprint density at radius 1 is 1.18 bits per heavy atom. The highest BCUT2D eigenvalue weighted by Crippen LogP contribution is 2.26. The number of nitrogens with one attached hydrogen (secondary N) is 1. The standard InChI is InChI=1S/C22H22ClN3O2/c1-15(28-20-8-3-2-7-19(20)23)22(27)25-17-11-9-16(10-12-17)21-24-14-18-6-4-5-13-26(18)21/h2-3,7-12,14-15H,4-6,13H2,1H3,(H,25,27). The number of aromatic nitrogens is 2. The molecule has 0 aliphatic carbocycles. The summed E-state index contributed by atoms with van der Waals surface area (Å²) >= 11 is 6.09. The molecule has 0 radical (unpaired) electrons. The second kappa shape index (κ2) is 8.07. The van der Waals surface area contributed by atoms with Crippen molar-refractivity contribution < 1.29 is 9.53 Å². The normalized spacial score (nSPS) is 14.2. The van der Waals surface area contributed by atoms with E-state index in [1.165, 1.54) is 18.5 Å². The maximum Gasteiger partial charge on any atom is 0.265 e. The van der Waals surface area contributed by atoms with Gasteiger partial charge in [0.05, 0.1) is 5.02 Å². The van der Waals surface area contributed by atoms with Crippen LogP contribution in [0.4, 0.5) is 5.69 Å². The predicted octanol–water partition coefficient (Wildman–Crippen LogP) is 4.95. The van der Waals surface area contributed by atoms with E-state index in [1.54, 1.807) is 19.1 Å². The molecule has 0 bridgehead atoms. The average Bonchev–Trinajstić information content (AvgIpc) is 3.14. The van der Waals surface area contributed by atoms with Gasteiger partial charge in [-0.3, -0.25) is 4.79 Å². The van der Waals surface area contributed by atoms with E-state index < -0.39 is 6.10 Å². The molecule has 2 aromatic carbocycles. The Hall–Kier alpha value is -2.79. The number of para-hydroxylation sites is 1. The van der Waals surface area contributed by atoms with Crippen LogP contribution in [-0.2, 0) is 17.8 Å². The molecule has 0 saturated carbocycles. The van der Waals surface area contributed by atoms with Crippen molar-refractivity contribution >= 4 is 23.2 Å². The number of halogens is 1. The third-order valence-corrected chi connectivity index (χ3v) is 5.24. The first-order valence-electron chi connectivity index (χ1n) is 9.49. The molecular weight excluding hydrogens is 374 g/mol. The van der Waals surface area contributed by atoms with Crippen LogP contribution in [0.3, 0.4) is 0 Å². The van der Waals surface area contributed by atoms with Gasteiger partial charge in [0.25, 0.3) is 5.91 Å². The van der Waals surface area contributed by atoms with E-state index in [0.29, 0.717) is 16.5 Å². The van der Waals surface area contributed by atoms with Crippen molar-refractivity contribution in [1.29, 1.82) is 0 Å². The van der Waals surface area contributed by atoms with Gasteiger partial charge in [0, 0.05) is 29.7 Å². The number of fused-ring (bicyclic) bond motifs is 1. The van der Waals surface area contributed by atoms with Gasteiger partial charge in [-0.05, 0) is 62.6 Å². The van der Waals surface area contributed by atoms with Crippen LogP contribution in [0.5, 0.6) is 5.75 Å². The van der Waals surface area contributed by atoms with E-state index in [0.717, 1.165) is 24.4 Å². The summed E-state index contributed by atoms with van der Waals surface area (Å²) in [4.78, 5) is 17.0. The number of aryl methyl sites for hydroxylation is 1. The Morgan fingerprint density at radius 2 is 1.96 bits per heavy atom. The van der Waals surface area contributed by atoms with Crippen molar-refractivity contribution in [3.05, 3.63) is 65.4 Å². The molecule has 1 N–H and O–H groups in total. The molecule has 0 spiro atoms. The highest BCUT2D eigenvalue weighted by atomic mass is 35.5. The van der Waals surface area contributed by atoms with Gasteiger partial charge in [-0.1, -0.05) is 23.7 Å². The lowest BCUT2D eigenvalue weighted by Gasteiger charge is -2.17. The number of amides is 1.